The number of benzene rings is 1. The van der Waals surface area contributed by atoms with Gasteiger partial charge in [0.05, 0.1) is 6.54 Å². The third kappa shape index (κ3) is 3.05. The molecule has 1 aromatic carbocycles. The number of rotatable bonds is 3. The number of piperidine rings is 1. The molecule has 0 unspecified atom stereocenters. The fraction of sp³-hybridized carbons (Fsp3) is 0.588. The van der Waals surface area contributed by atoms with Gasteiger partial charge < -0.3 is 9.84 Å². The minimum absolute atomic E-state index is 0.0737. The summed E-state index contributed by atoms with van der Waals surface area (Å²) in [5, 5.41) is 8.87. The zero-order chi connectivity index (χ0) is 14.9. The molecular weight excluding hydrogens is 266 g/mol. The molecule has 2 heterocycles. The van der Waals surface area contributed by atoms with Crippen molar-refractivity contribution in [1.29, 1.82) is 0 Å². The van der Waals surface area contributed by atoms with Gasteiger partial charge in [0.25, 0.3) is 0 Å². The molecule has 1 saturated heterocycles. The van der Waals surface area contributed by atoms with Crippen molar-refractivity contribution in [2.45, 2.75) is 44.6 Å². The largest absolute Gasteiger partial charge is 0.487 e. The van der Waals surface area contributed by atoms with Crippen LogP contribution in [0.3, 0.4) is 0 Å². The molecule has 0 atom stereocenters. The highest BCUT2D eigenvalue weighted by molar-refractivity contribution is 5.69. The molecule has 0 amide bonds. The standard InChI is InChI=1S/C17H23NO3/c1-2-13-3-4-15-14(11-13)5-6-17(21-15)7-9-18(10-8-17)12-16(19)20/h3-4,11H,2,5-10,12H2,1H3,(H,19,20). The van der Waals surface area contributed by atoms with E-state index in [0.717, 1.165) is 50.9 Å². The number of likely N-dealkylation sites (tertiary alicyclic amines) is 1. The second-order valence-electron chi connectivity index (χ2n) is 6.25. The number of nitrogens with zero attached hydrogens (tertiary/aromatic N) is 1. The van der Waals surface area contributed by atoms with Crippen molar-refractivity contribution < 1.29 is 14.6 Å². The van der Waals surface area contributed by atoms with Crippen LogP contribution in [-0.2, 0) is 17.6 Å². The van der Waals surface area contributed by atoms with Crippen LogP contribution >= 0.6 is 0 Å². The van der Waals surface area contributed by atoms with Crippen molar-refractivity contribution in [1.82, 2.24) is 4.90 Å². The Kier molecular flexibility index (Phi) is 3.89. The van der Waals surface area contributed by atoms with Gasteiger partial charge in [0.15, 0.2) is 0 Å². The molecular formula is C17H23NO3. The van der Waals surface area contributed by atoms with E-state index in [1.54, 1.807) is 0 Å². The van der Waals surface area contributed by atoms with Gasteiger partial charge in [0, 0.05) is 13.1 Å². The highest BCUT2D eigenvalue weighted by atomic mass is 16.5. The first kappa shape index (κ1) is 14.4. The van der Waals surface area contributed by atoms with Crippen LogP contribution in [0.15, 0.2) is 18.2 Å². The molecule has 21 heavy (non-hydrogen) atoms. The van der Waals surface area contributed by atoms with E-state index in [2.05, 4.69) is 25.1 Å². The van der Waals surface area contributed by atoms with Gasteiger partial charge in [-0.3, -0.25) is 9.69 Å². The van der Waals surface area contributed by atoms with E-state index in [-0.39, 0.29) is 12.1 Å². The maximum atomic E-state index is 10.8. The zero-order valence-electron chi connectivity index (χ0n) is 12.6. The normalized spacial score (nSPS) is 20.8. The topological polar surface area (TPSA) is 49.8 Å². The van der Waals surface area contributed by atoms with E-state index in [4.69, 9.17) is 9.84 Å². The first-order chi connectivity index (χ1) is 10.1. The second kappa shape index (κ2) is 5.68. The van der Waals surface area contributed by atoms with E-state index in [9.17, 15) is 4.79 Å². The number of aryl methyl sites for hydroxylation is 2. The first-order valence-corrected chi connectivity index (χ1v) is 7.85. The Morgan fingerprint density at radius 3 is 2.76 bits per heavy atom. The molecule has 2 aliphatic rings. The zero-order valence-corrected chi connectivity index (χ0v) is 12.6. The molecule has 0 bridgehead atoms. The van der Waals surface area contributed by atoms with Crippen molar-refractivity contribution in [3.05, 3.63) is 29.3 Å². The summed E-state index contributed by atoms with van der Waals surface area (Å²) in [5.74, 6) is 0.290. The van der Waals surface area contributed by atoms with Gasteiger partial charge in [-0.1, -0.05) is 19.1 Å². The van der Waals surface area contributed by atoms with Gasteiger partial charge in [0.1, 0.15) is 11.4 Å². The Morgan fingerprint density at radius 1 is 1.33 bits per heavy atom. The number of hydrogen-bond acceptors (Lipinski definition) is 3. The van der Waals surface area contributed by atoms with Crippen LogP contribution in [0, 0.1) is 0 Å². The Labute approximate surface area is 125 Å². The fourth-order valence-electron chi connectivity index (χ4n) is 3.46. The van der Waals surface area contributed by atoms with Gasteiger partial charge >= 0.3 is 5.97 Å². The van der Waals surface area contributed by atoms with E-state index in [1.807, 2.05) is 4.90 Å². The molecule has 0 aliphatic carbocycles. The van der Waals surface area contributed by atoms with Crippen molar-refractivity contribution in [2.75, 3.05) is 19.6 Å². The summed E-state index contributed by atoms with van der Waals surface area (Å²) in [5.41, 5.74) is 2.62. The van der Waals surface area contributed by atoms with Crippen LogP contribution in [-0.4, -0.2) is 41.2 Å². The number of hydrogen-bond donors (Lipinski definition) is 1. The summed E-state index contributed by atoms with van der Waals surface area (Å²) in [6.07, 6.45) is 5.03. The minimum atomic E-state index is -0.743. The Morgan fingerprint density at radius 2 is 2.10 bits per heavy atom. The van der Waals surface area contributed by atoms with Crippen LogP contribution in [0.2, 0.25) is 0 Å². The van der Waals surface area contributed by atoms with Gasteiger partial charge in [0.2, 0.25) is 0 Å². The highest BCUT2D eigenvalue weighted by Crippen LogP contribution is 2.39. The van der Waals surface area contributed by atoms with E-state index in [0.29, 0.717) is 0 Å². The lowest BCUT2D eigenvalue weighted by Crippen LogP contribution is -2.50. The Balaban J connectivity index is 1.67. The van der Waals surface area contributed by atoms with Gasteiger partial charge in [-0.2, -0.15) is 0 Å². The molecule has 0 radical (unpaired) electrons. The predicted molar refractivity (Wildman–Crippen MR) is 80.8 cm³/mol. The van der Waals surface area contributed by atoms with Crippen molar-refractivity contribution >= 4 is 5.97 Å². The quantitative estimate of drug-likeness (QED) is 0.929. The smallest absolute Gasteiger partial charge is 0.317 e. The van der Waals surface area contributed by atoms with Crippen molar-refractivity contribution in [2.24, 2.45) is 0 Å². The summed E-state index contributed by atoms with van der Waals surface area (Å²) in [6, 6.07) is 6.53. The molecule has 0 aromatic heterocycles. The summed E-state index contributed by atoms with van der Waals surface area (Å²) in [4.78, 5) is 12.8. The predicted octanol–water partition coefficient (Wildman–Crippen LogP) is 2.49. The summed E-state index contributed by atoms with van der Waals surface area (Å²) < 4.78 is 6.34. The Bertz CT molecular complexity index is 533. The lowest BCUT2D eigenvalue weighted by atomic mass is 9.83. The summed E-state index contributed by atoms with van der Waals surface area (Å²) >= 11 is 0. The molecule has 1 fully saturated rings. The molecule has 1 spiro atoms. The molecule has 2 aliphatic heterocycles. The number of carboxylic acids is 1. The molecule has 3 rings (SSSR count). The van der Waals surface area contributed by atoms with Crippen LogP contribution in [0.1, 0.15) is 37.3 Å². The molecule has 0 saturated carbocycles. The molecule has 1 aromatic rings. The molecule has 4 nitrogen and oxygen atoms in total. The lowest BCUT2D eigenvalue weighted by molar-refractivity contribution is -0.139. The number of aliphatic carboxylic acids is 1. The second-order valence-corrected chi connectivity index (χ2v) is 6.25. The summed E-state index contributed by atoms with van der Waals surface area (Å²) in [7, 11) is 0. The number of carboxylic acid groups (broad SMARTS) is 1. The average molecular weight is 289 g/mol. The van der Waals surface area contributed by atoms with Crippen LogP contribution < -0.4 is 4.74 Å². The monoisotopic (exact) mass is 289 g/mol. The Hall–Kier alpha value is -1.55. The van der Waals surface area contributed by atoms with E-state index >= 15 is 0 Å². The van der Waals surface area contributed by atoms with Gasteiger partial charge in [-0.25, -0.2) is 0 Å². The SMILES string of the molecule is CCc1ccc2c(c1)CCC1(CCN(CC(=O)O)CC1)O2. The van der Waals surface area contributed by atoms with Gasteiger partial charge in [-0.05, 0) is 49.3 Å². The number of fused-ring (bicyclic) bond motifs is 1. The van der Waals surface area contributed by atoms with Gasteiger partial charge in [-0.15, -0.1) is 0 Å². The first-order valence-electron chi connectivity index (χ1n) is 7.85. The third-order valence-corrected chi connectivity index (χ3v) is 4.84. The number of ether oxygens (including phenoxy) is 1. The average Bonchev–Trinajstić information content (AvgIpc) is 2.49. The third-order valence-electron chi connectivity index (χ3n) is 4.84. The number of carbonyl (C=O) groups is 1. The minimum Gasteiger partial charge on any atom is -0.487 e. The van der Waals surface area contributed by atoms with Crippen LogP contribution in [0.25, 0.3) is 0 Å². The lowest BCUT2D eigenvalue weighted by Gasteiger charge is -2.44. The maximum Gasteiger partial charge on any atom is 0.317 e. The van der Waals surface area contributed by atoms with Crippen LogP contribution in [0.5, 0.6) is 5.75 Å². The molecule has 4 heteroatoms. The molecule has 114 valence electrons. The summed E-state index contributed by atoms with van der Waals surface area (Å²) in [6.45, 7) is 3.95. The van der Waals surface area contributed by atoms with Crippen molar-refractivity contribution in [3.8, 4) is 5.75 Å². The fourth-order valence-corrected chi connectivity index (χ4v) is 3.46. The van der Waals surface area contributed by atoms with Crippen molar-refractivity contribution in [3.63, 3.8) is 0 Å². The van der Waals surface area contributed by atoms with E-state index in [1.165, 1.54) is 11.1 Å². The van der Waals surface area contributed by atoms with E-state index < -0.39 is 5.97 Å². The van der Waals surface area contributed by atoms with Crippen LogP contribution in [0.4, 0.5) is 0 Å². The molecule has 1 N–H and O–H groups in total. The highest BCUT2D eigenvalue weighted by Gasteiger charge is 2.39. The maximum absolute atomic E-state index is 10.8.